The molecule has 0 radical (unpaired) electrons. The van der Waals surface area contributed by atoms with Crippen molar-refractivity contribution >= 4 is 29.0 Å². The van der Waals surface area contributed by atoms with E-state index in [2.05, 4.69) is 10.6 Å². The summed E-state index contributed by atoms with van der Waals surface area (Å²) in [4.78, 5) is 11.6. The van der Waals surface area contributed by atoms with Crippen LogP contribution in [0.4, 0.5) is 5.69 Å². The fourth-order valence-electron chi connectivity index (χ4n) is 1.58. The fraction of sp³-hybridized carbons (Fsp3) is 0.429. The quantitative estimate of drug-likeness (QED) is 0.476. The first-order chi connectivity index (χ1) is 9.58. The lowest BCUT2D eigenvalue weighted by Gasteiger charge is -2.13. The summed E-state index contributed by atoms with van der Waals surface area (Å²) in [6.45, 7) is 5.28. The first kappa shape index (κ1) is 16.4. The molecule has 0 atom stereocenters. The van der Waals surface area contributed by atoms with Crippen molar-refractivity contribution in [2.75, 3.05) is 32.2 Å². The normalized spacial score (nSPS) is 9.95. The van der Waals surface area contributed by atoms with Gasteiger partial charge in [0.15, 0.2) is 5.11 Å². The number of benzene rings is 1. The maximum atomic E-state index is 11.6. The van der Waals surface area contributed by atoms with Crippen LogP contribution in [0.15, 0.2) is 18.2 Å². The molecule has 1 rings (SSSR count). The summed E-state index contributed by atoms with van der Waals surface area (Å²) in [5.74, 6) is -0.317. The number of hydrogen-bond donors (Lipinski definition) is 2. The van der Waals surface area contributed by atoms with Crippen molar-refractivity contribution in [3.05, 3.63) is 29.3 Å². The molecule has 0 saturated heterocycles. The lowest BCUT2D eigenvalue weighted by atomic mass is 10.1. The predicted molar refractivity (Wildman–Crippen MR) is 83.2 cm³/mol. The minimum Gasteiger partial charge on any atom is -0.462 e. The molecule has 0 aliphatic carbocycles. The van der Waals surface area contributed by atoms with Gasteiger partial charge in [-0.25, -0.2) is 4.79 Å². The standard InChI is InChI=1S/C14H20N2O3S/c1-4-19-13(17)11-5-6-12(10(2)9-11)16-14(20)15-7-8-18-3/h5-6,9H,4,7-8H2,1-3H3,(H2,15,16,20). The molecule has 1 aromatic carbocycles. The van der Waals surface area contributed by atoms with Crippen molar-refractivity contribution in [2.24, 2.45) is 0 Å². The van der Waals surface area contributed by atoms with Gasteiger partial charge in [0.25, 0.3) is 0 Å². The van der Waals surface area contributed by atoms with E-state index in [1.807, 2.05) is 13.0 Å². The predicted octanol–water partition coefficient (Wildman–Crippen LogP) is 2.10. The highest BCUT2D eigenvalue weighted by Crippen LogP contribution is 2.17. The van der Waals surface area contributed by atoms with E-state index < -0.39 is 0 Å². The number of esters is 1. The molecule has 0 heterocycles. The molecule has 20 heavy (non-hydrogen) atoms. The van der Waals surface area contributed by atoms with Crippen molar-refractivity contribution in [1.29, 1.82) is 0 Å². The summed E-state index contributed by atoms with van der Waals surface area (Å²) >= 11 is 5.17. The number of carbonyl (C=O) groups is 1. The largest absolute Gasteiger partial charge is 0.462 e. The van der Waals surface area contributed by atoms with Gasteiger partial charge in [-0.2, -0.15) is 0 Å². The Morgan fingerprint density at radius 3 is 2.75 bits per heavy atom. The summed E-state index contributed by atoms with van der Waals surface area (Å²) in [5.41, 5.74) is 2.31. The van der Waals surface area contributed by atoms with Crippen LogP contribution in [0.2, 0.25) is 0 Å². The molecule has 0 fully saturated rings. The van der Waals surface area contributed by atoms with Gasteiger partial charge in [-0.05, 0) is 49.8 Å². The SMILES string of the molecule is CCOC(=O)c1ccc(NC(=S)NCCOC)c(C)c1. The minimum atomic E-state index is -0.317. The highest BCUT2D eigenvalue weighted by atomic mass is 32.1. The molecule has 0 saturated carbocycles. The minimum absolute atomic E-state index is 0.317. The zero-order chi connectivity index (χ0) is 15.0. The van der Waals surface area contributed by atoms with Crippen LogP contribution in [0.25, 0.3) is 0 Å². The molecule has 0 aromatic heterocycles. The number of thiocarbonyl (C=S) groups is 1. The van der Waals surface area contributed by atoms with Crippen LogP contribution in [-0.2, 0) is 9.47 Å². The van der Waals surface area contributed by atoms with Crippen molar-refractivity contribution in [3.8, 4) is 0 Å². The number of rotatable bonds is 6. The van der Waals surface area contributed by atoms with Gasteiger partial charge >= 0.3 is 5.97 Å². The van der Waals surface area contributed by atoms with Crippen LogP contribution in [0.1, 0.15) is 22.8 Å². The number of anilines is 1. The van der Waals surface area contributed by atoms with Crippen LogP contribution in [-0.4, -0.2) is 38.0 Å². The zero-order valence-corrected chi connectivity index (χ0v) is 12.8. The highest BCUT2D eigenvalue weighted by molar-refractivity contribution is 7.80. The Morgan fingerprint density at radius 2 is 2.15 bits per heavy atom. The molecule has 0 aliphatic rings. The number of aryl methyl sites for hydroxylation is 1. The maximum Gasteiger partial charge on any atom is 0.338 e. The van der Waals surface area contributed by atoms with Gasteiger partial charge in [0, 0.05) is 19.3 Å². The van der Waals surface area contributed by atoms with E-state index in [-0.39, 0.29) is 5.97 Å². The molecule has 0 bridgehead atoms. The Labute approximate surface area is 124 Å². The second-order valence-corrected chi connectivity index (χ2v) is 4.53. The third-order valence-corrected chi connectivity index (χ3v) is 2.82. The smallest absolute Gasteiger partial charge is 0.338 e. The van der Waals surface area contributed by atoms with Crippen LogP contribution in [0.5, 0.6) is 0 Å². The Bertz CT molecular complexity index is 477. The molecule has 2 N–H and O–H groups in total. The van der Waals surface area contributed by atoms with Crippen molar-refractivity contribution in [2.45, 2.75) is 13.8 Å². The summed E-state index contributed by atoms with van der Waals surface area (Å²) in [5, 5.41) is 6.62. The number of hydrogen-bond acceptors (Lipinski definition) is 4. The molecule has 5 nitrogen and oxygen atoms in total. The average Bonchev–Trinajstić information content (AvgIpc) is 2.41. The third-order valence-electron chi connectivity index (χ3n) is 2.58. The summed E-state index contributed by atoms with van der Waals surface area (Å²) < 4.78 is 9.89. The number of ether oxygens (including phenoxy) is 2. The molecular weight excluding hydrogens is 276 g/mol. The fourth-order valence-corrected chi connectivity index (χ4v) is 1.79. The Hall–Kier alpha value is -1.66. The van der Waals surface area contributed by atoms with Gasteiger partial charge in [-0.1, -0.05) is 0 Å². The van der Waals surface area contributed by atoms with Gasteiger partial charge < -0.3 is 20.1 Å². The van der Waals surface area contributed by atoms with Gasteiger partial charge in [-0.15, -0.1) is 0 Å². The molecule has 1 aromatic rings. The lowest BCUT2D eigenvalue weighted by Crippen LogP contribution is -2.31. The van der Waals surface area contributed by atoms with Gasteiger partial charge in [0.2, 0.25) is 0 Å². The second kappa shape index (κ2) is 8.50. The molecule has 0 unspecified atom stereocenters. The van der Waals surface area contributed by atoms with Gasteiger partial charge in [0.05, 0.1) is 18.8 Å². The van der Waals surface area contributed by atoms with E-state index in [1.165, 1.54) is 0 Å². The zero-order valence-electron chi connectivity index (χ0n) is 12.0. The van der Waals surface area contributed by atoms with Crippen molar-refractivity contribution in [3.63, 3.8) is 0 Å². The van der Waals surface area contributed by atoms with E-state index in [0.717, 1.165) is 11.3 Å². The van der Waals surface area contributed by atoms with Crippen LogP contribution in [0.3, 0.4) is 0 Å². The molecule has 0 spiro atoms. The van der Waals surface area contributed by atoms with Crippen molar-refractivity contribution < 1.29 is 14.3 Å². The lowest BCUT2D eigenvalue weighted by molar-refractivity contribution is 0.0526. The first-order valence-electron chi connectivity index (χ1n) is 6.40. The number of carbonyl (C=O) groups excluding carboxylic acids is 1. The van der Waals surface area contributed by atoms with E-state index in [9.17, 15) is 4.79 Å². The van der Waals surface area contributed by atoms with E-state index in [1.54, 1.807) is 26.2 Å². The average molecular weight is 296 g/mol. The summed E-state index contributed by atoms with van der Waals surface area (Å²) in [7, 11) is 1.64. The molecule has 110 valence electrons. The van der Waals surface area contributed by atoms with Gasteiger partial charge in [-0.3, -0.25) is 0 Å². The first-order valence-corrected chi connectivity index (χ1v) is 6.80. The maximum absolute atomic E-state index is 11.6. The summed E-state index contributed by atoms with van der Waals surface area (Å²) in [6.07, 6.45) is 0. The van der Waals surface area contributed by atoms with Crippen LogP contribution in [0, 0.1) is 6.92 Å². The molecule has 0 amide bonds. The van der Waals surface area contributed by atoms with E-state index in [4.69, 9.17) is 21.7 Å². The van der Waals surface area contributed by atoms with Gasteiger partial charge in [0.1, 0.15) is 0 Å². The van der Waals surface area contributed by atoms with Crippen molar-refractivity contribution in [1.82, 2.24) is 5.32 Å². The molecular formula is C14H20N2O3S. The molecule has 6 heteroatoms. The van der Waals surface area contributed by atoms with E-state index >= 15 is 0 Å². The number of methoxy groups -OCH3 is 1. The monoisotopic (exact) mass is 296 g/mol. The van der Waals surface area contributed by atoms with E-state index in [0.29, 0.717) is 30.4 Å². The highest BCUT2D eigenvalue weighted by Gasteiger charge is 2.09. The molecule has 0 aliphatic heterocycles. The Balaban J connectivity index is 2.64. The summed E-state index contributed by atoms with van der Waals surface area (Å²) in [6, 6.07) is 5.30. The van der Waals surface area contributed by atoms with Crippen LogP contribution < -0.4 is 10.6 Å². The second-order valence-electron chi connectivity index (χ2n) is 4.12. The Morgan fingerprint density at radius 1 is 1.40 bits per heavy atom. The Kier molecular flexibility index (Phi) is 6.97. The number of nitrogens with one attached hydrogen (secondary N) is 2. The van der Waals surface area contributed by atoms with Crippen LogP contribution >= 0.6 is 12.2 Å². The third kappa shape index (κ3) is 5.14. The topological polar surface area (TPSA) is 59.6 Å².